The number of rotatable bonds is 6. The van der Waals surface area contributed by atoms with E-state index in [1.807, 2.05) is 35.0 Å². The maximum absolute atomic E-state index is 12.4. The van der Waals surface area contributed by atoms with Crippen LogP contribution in [0.4, 0.5) is 0 Å². The topological polar surface area (TPSA) is 143 Å². The lowest BCUT2D eigenvalue weighted by Crippen LogP contribution is -2.27. The first kappa shape index (κ1) is 18.2. The van der Waals surface area contributed by atoms with Crippen LogP contribution >= 0.6 is 0 Å². The SMILES string of the molecule is N=C(N)c1cn(CCNC(=O)c2ccc(-c3noc(=O)[nH]3)cc2)c2ccccc12. The predicted octanol–water partition coefficient (Wildman–Crippen LogP) is 1.70. The van der Waals surface area contributed by atoms with Gasteiger partial charge < -0.3 is 15.6 Å². The van der Waals surface area contributed by atoms with Gasteiger partial charge in [0.25, 0.3) is 5.91 Å². The molecule has 29 heavy (non-hydrogen) atoms. The van der Waals surface area contributed by atoms with Crippen LogP contribution in [-0.2, 0) is 6.54 Å². The molecule has 0 aliphatic rings. The third-order valence-corrected chi connectivity index (χ3v) is 4.58. The van der Waals surface area contributed by atoms with E-state index in [1.54, 1.807) is 24.3 Å². The van der Waals surface area contributed by atoms with Crippen LogP contribution < -0.4 is 16.8 Å². The lowest BCUT2D eigenvalue weighted by Gasteiger charge is -2.08. The molecule has 0 spiro atoms. The maximum Gasteiger partial charge on any atom is 0.439 e. The summed E-state index contributed by atoms with van der Waals surface area (Å²) in [6, 6.07) is 14.4. The van der Waals surface area contributed by atoms with Gasteiger partial charge in [-0.1, -0.05) is 35.5 Å². The molecule has 4 rings (SSSR count). The van der Waals surface area contributed by atoms with Gasteiger partial charge in [-0.25, -0.2) is 4.79 Å². The molecule has 0 fully saturated rings. The number of nitrogen functional groups attached to an aromatic ring is 1. The normalized spacial score (nSPS) is 10.9. The summed E-state index contributed by atoms with van der Waals surface area (Å²) in [6.45, 7) is 0.949. The molecule has 4 aromatic rings. The van der Waals surface area contributed by atoms with Gasteiger partial charge in [0.15, 0.2) is 5.82 Å². The highest BCUT2D eigenvalue weighted by molar-refractivity contribution is 6.07. The van der Waals surface area contributed by atoms with Crippen molar-refractivity contribution in [2.24, 2.45) is 5.73 Å². The number of carbonyl (C=O) groups excluding carboxylic acids is 1. The average Bonchev–Trinajstić information content (AvgIpc) is 3.32. The molecule has 1 amide bonds. The van der Waals surface area contributed by atoms with Crippen LogP contribution in [0.1, 0.15) is 15.9 Å². The van der Waals surface area contributed by atoms with Crippen molar-refractivity contribution in [1.29, 1.82) is 5.41 Å². The molecule has 9 nitrogen and oxygen atoms in total. The Morgan fingerprint density at radius 2 is 1.97 bits per heavy atom. The minimum atomic E-state index is -0.632. The fourth-order valence-corrected chi connectivity index (χ4v) is 3.17. The Kier molecular flexibility index (Phi) is 4.70. The zero-order chi connectivity index (χ0) is 20.4. The minimum Gasteiger partial charge on any atom is -0.384 e. The monoisotopic (exact) mass is 390 g/mol. The number of aromatic amines is 1. The van der Waals surface area contributed by atoms with Crippen molar-refractivity contribution in [3.8, 4) is 11.4 Å². The summed E-state index contributed by atoms with van der Waals surface area (Å²) in [7, 11) is 0. The van der Waals surface area contributed by atoms with Crippen LogP contribution in [0, 0.1) is 5.41 Å². The first-order valence-electron chi connectivity index (χ1n) is 8.90. The van der Waals surface area contributed by atoms with Crippen LogP contribution in [0.5, 0.6) is 0 Å². The average molecular weight is 390 g/mol. The number of hydrogen-bond donors (Lipinski definition) is 4. The van der Waals surface area contributed by atoms with Gasteiger partial charge >= 0.3 is 5.76 Å². The second-order valence-electron chi connectivity index (χ2n) is 6.44. The molecule has 2 aromatic carbocycles. The summed E-state index contributed by atoms with van der Waals surface area (Å²) in [5.41, 5.74) is 8.43. The van der Waals surface area contributed by atoms with E-state index >= 15 is 0 Å². The molecule has 146 valence electrons. The molecular formula is C20H18N6O3. The lowest BCUT2D eigenvalue weighted by molar-refractivity contribution is 0.0952. The van der Waals surface area contributed by atoms with E-state index in [4.69, 9.17) is 11.1 Å². The van der Waals surface area contributed by atoms with Gasteiger partial charge in [0.2, 0.25) is 0 Å². The Bertz CT molecular complexity index is 1250. The number of H-pyrrole nitrogens is 1. The molecule has 0 atom stereocenters. The highest BCUT2D eigenvalue weighted by atomic mass is 16.5. The van der Waals surface area contributed by atoms with Crippen molar-refractivity contribution >= 4 is 22.6 Å². The summed E-state index contributed by atoms with van der Waals surface area (Å²) in [5.74, 6) is -0.527. The number of nitrogens with one attached hydrogen (secondary N) is 3. The minimum absolute atomic E-state index is 0.0116. The Morgan fingerprint density at radius 3 is 2.66 bits per heavy atom. The Labute approximate surface area is 164 Å². The third-order valence-electron chi connectivity index (χ3n) is 4.58. The second-order valence-corrected chi connectivity index (χ2v) is 6.44. The maximum atomic E-state index is 12.4. The number of carbonyl (C=O) groups is 1. The number of para-hydroxylation sites is 1. The standard InChI is InChI=1S/C20H18N6O3/c21-17(22)15-11-26(16-4-2-1-3-14(15)16)10-9-23-19(27)13-7-5-12(6-8-13)18-24-20(28)29-25-18/h1-8,11H,9-10H2,(H3,21,22)(H,23,27)(H,24,25,28). The molecule has 9 heteroatoms. The largest absolute Gasteiger partial charge is 0.439 e. The predicted molar refractivity (Wildman–Crippen MR) is 108 cm³/mol. The van der Waals surface area contributed by atoms with E-state index < -0.39 is 5.76 Å². The Balaban J connectivity index is 1.42. The Morgan fingerprint density at radius 1 is 1.21 bits per heavy atom. The summed E-state index contributed by atoms with van der Waals surface area (Å²) in [5, 5.41) is 15.1. The number of benzene rings is 2. The zero-order valence-corrected chi connectivity index (χ0v) is 15.3. The van der Waals surface area contributed by atoms with E-state index in [0.717, 1.165) is 10.9 Å². The van der Waals surface area contributed by atoms with Crippen LogP contribution in [0.2, 0.25) is 0 Å². The van der Waals surface area contributed by atoms with E-state index in [9.17, 15) is 9.59 Å². The van der Waals surface area contributed by atoms with Crippen LogP contribution in [0.25, 0.3) is 22.3 Å². The van der Waals surface area contributed by atoms with Crippen LogP contribution in [0.15, 0.2) is 64.0 Å². The molecule has 0 bridgehead atoms. The molecular weight excluding hydrogens is 372 g/mol. The number of hydrogen-bond acceptors (Lipinski definition) is 5. The first-order chi connectivity index (χ1) is 14.0. The Hall–Kier alpha value is -4.14. The van der Waals surface area contributed by atoms with Gasteiger partial charge in [-0.15, -0.1) is 0 Å². The number of nitrogens with two attached hydrogens (primary N) is 1. The summed E-state index contributed by atoms with van der Waals surface area (Å²) >= 11 is 0. The quantitative estimate of drug-likeness (QED) is 0.293. The molecule has 0 aliphatic carbocycles. The second kappa shape index (κ2) is 7.47. The number of amides is 1. The van der Waals surface area contributed by atoms with Gasteiger partial charge in [-0.2, -0.15) is 0 Å². The van der Waals surface area contributed by atoms with Gasteiger partial charge in [-0.05, 0) is 18.2 Å². The lowest BCUT2D eigenvalue weighted by atomic mass is 10.1. The van der Waals surface area contributed by atoms with Crippen molar-refractivity contribution in [3.05, 3.63) is 76.4 Å². The van der Waals surface area contributed by atoms with Crippen LogP contribution in [0.3, 0.4) is 0 Å². The molecule has 0 saturated heterocycles. The smallest absolute Gasteiger partial charge is 0.384 e. The van der Waals surface area contributed by atoms with E-state index in [1.165, 1.54) is 0 Å². The van der Waals surface area contributed by atoms with Crippen molar-refractivity contribution in [3.63, 3.8) is 0 Å². The molecule has 2 heterocycles. The fraction of sp³-hybridized carbons (Fsp3) is 0.100. The summed E-state index contributed by atoms with van der Waals surface area (Å²) in [6.07, 6.45) is 1.83. The highest BCUT2D eigenvalue weighted by Crippen LogP contribution is 2.20. The number of aromatic nitrogens is 3. The van der Waals surface area contributed by atoms with Crippen LogP contribution in [-0.4, -0.2) is 33.0 Å². The first-order valence-corrected chi connectivity index (χ1v) is 8.90. The fourth-order valence-electron chi connectivity index (χ4n) is 3.17. The van der Waals surface area contributed by atoms with E-state index in [0.29, 0.717) is 35.6 Å². The van der Waals surface area contributed by atoms with Crippen molar-refractivity contribution in [1.82, 2.24) is 20.0 Å². The summed E-state index contributed by atoms with van der Waals surface area (Å²) < 4.78 is 6.44. The molecule has 0 aliphatic heterocycles. The van der Waals surface area contributed by atoms with Crippen molar-refractivity contribution in [2.75, 3.05) is 6.54 Å². The third kappa shape index (κ3) is 3.65. The molecule has 2 aromatic heterocycles. The van der Waals surface area contributed by atoms with Gasteiger partial charge in [0, 0.05) is 46.9 Å². The van der Waals surface area contributed by atoms with Gasteiger partial charge in [0.1, 0.15) is 5.84 Å². The zero-order valence-electron chi connectivity index (χ0n) is 15.3. The van der Waals surface area contributed by atoms with Crippen molar-refractivity contribution in [2.45, 2.75) is 6.54 Å². The number of amidine groups is 1. The van der Waals surface area contributed by atoms with Gasteiger partial charge in [0.05, 0.1) is 0 Å². The van der Waals surface area contributed by atoms with E-state index in [2.05, 4.69) is 20.0 Å². The van der Waals surface area contributed by atoms with E-state index in [-0.39, 0.29) is 11.7 Å². The van der Waals surface area contributed by atoms with Gasteiger partial charge in [-0.3, -0.25) is 19.7 Å². The molecule has 5 N–H and O–H groups in total. The highest BCUT2D eigenvalue weighted by Gasteiger charge is 2.11. The molecule has 0 radical (unpaired) electrons. The summed E-state index contributed by atoms with van der Waals surface area (Å²) in [4.78, 5) is 25.9. The van der Waals surface area contributed by atoms with Crippen molar-refractivity contribution < 1.29 is 9.32 Å². The number of nitrogens with zero attached hydrogens (tertiary/aromatic N) is 2. The molecule has 0 saturated carbocycles. The number of fused-ring (bicyclic) bond motifs is 1. The molecule has 0 unspecified atom stereocenters.